The number of nitro benzene ring substituents is 1. The molecular weight excluding hydrogens is 300 g/mol. The van der Waals surface area contributed by atoms with Gasteiger partial charge in [0.1, 0.15) is 0 Å². The highest BCUT2D eigenvalue weighted by Crippen LogP contribution is 2.25. The normalized spacial score (nSPS) is 17.8. The van der Waals surface area contributed by atoms with Crippen LogP contribution < -0.4 is 0 Å². The van der Waals surface area contributed by atoms with E-state index in [1.54, 1.807) is 24.0 Å². The van der Waals surface area contributed by atoms with E-state index in [1.165, 1.54) is 6.07 Å². The van der Waals surface area contributed by atoms with Crippen molar-refractivity contribution in [1.29, 1.82) is 0 Å². The minimum Gasteiger partial charge on any atom is -0.481 e. The fraction of sp³-hybridized carbons (Fsp3) is 0.500. The molecule has 7 heteroatoms. The monoisotopic (exact) mass is 320 g/mol. The van der Waals surface area contributed by atoms with Gasteiger partial charge in [-0.2, -0.15) is 0 Å². The fourth-order valence-corrected chi connectivity index (χ4v) is 2.96. The number of rotatable bonds is 5. The summed E-state index contributed by atoms with van der Waals surface area (Å²) in [5.74, 6) is -1.14. The van der Waals surface area contributed by atoms with E-state index in [-0.39, 0.29) is 29.6 Å². The second-order valence-electron chi connectivity index (χ2n) is 5.84. The lowest BCUT2D eigenvalue weighted by atomic mass is 9.96. The quantitative estimate of drug-likeness (QED) is 0.664. The van der Waals surface area contributed by atoms with Crippen molar-refractivity contribution in [3.63, 3.8) is 0 Å². The first-order valence-electron chi connectivity index (χ1n) is 7.68. The molecule has 7 nitrogen and oxygen atoms in total. The van der Waals surface area contributed by atoms with E-state index in [2.05, 4.69) is 0 Å². The van der Waals surface area contributed by atoms with Crippen LogP contribution in [0, 0.1) is 17.0 Å². The summed E-state index contributed by atoms with van der Waals surface area (Å²) >= 11 is 0. The van der Waals surface area contributed by atoms with E-state index in [9.17, 15) is 19.7 Å². The number of carbonyl (C=O) groups excluding carboxylic acids is 1. The van der Waals surface area contributed by atoms with Crippen LogP contribution in [0.3, 0.4) is 0 Å². The first-order valence-corrected chi connectivity index (χ1v) is 7.68. The van der Waals surface area contributed by atoms with Crippen molar-refractivity contribution >= 4 is 17.6 Å². The Morgan fingerprint density at radius 1 is 1.39 bits per heavy atom. The molecule has 1 N–H and O–H groups in total. The molecule has 1 fully saturated rings. The molecular formula is C16H20N2O5. The number of hydrogen-bond acceptors (Lipinski definition) is 4. The topological polar surface area (TPSA) is 101 Å². The molecule has 0 aliphatic carbocycles. The highest BCUT2D eigenvalue weighted by molar-refractivity contribution is 5.95. The van der Waals surface area contributed by atoms with Gasteiger partial charge in [0, 0.05) is 36.2 Å². The Kier molecular flexibility index (Phi) is 5.31. The highest BCUT2D eigenvalue weighted by atomic mass is 16.6. The summed E-state index contributed by atoms with van der Waals surface area (Å²) in [5, 5.41) is 19.9. The zero-order valence-electron chi connectivity index (χ0n) is 13.0. The minimum absolute atomic E-state index is 0.0164. The Morgan fingerprint density at radius 2 is 2.13 bits per heavy atom. The molecule has 1 saturated heterocycles. The van der Waals surface area contributed by atoms with Gasteiger partial charge in [0.25, 0.3) is 11.6 Å². The predicted octanol–water partition coefficient (Wildman–Crippen LogP) is 2.76. The number of aryl methyl sites for hydroxylation is 1. The number of carboxylic acids is 1. The van der Waals surface area contributed by atoms with Gasteiger partial charge in [0.15, 0.2) is 0 Å². The van der Waals surface area contributed by atoms with Crippen LogP contribution in [0.25, 0.3) is 0 Å². The summed E-state index contributed by atoms with van der Waals surface area (Å²) in [5.41, 5.74) is 0.715. The van der Waals surface area contributed by atoms with Crippen molar-refractivity contribution in [3.05, 3.63) is 39.4 Å². The summed E-state index contributed by atoms with van der Waals surface area (Å²) in [6.45, 7) is 2.19. The molecule has 1 unspecified atom stereocenters. The largest absolute Gasteiger partial charge is 0.481 e. The number of hydrogen-bond donors (Lipinski definition) is 1. The molecule has 0 spiro atoms. The summed E-state index contributed by atoms with van der Waals surface area (Å²) in [6.07, 6.45) is 3.02. The van der Waals surface area contributed by atoms with Crippen LogP contribution in [0.5, 0.6) is 0 Å². The molecule has 1 atom stereocenters. The van der Waals surface area contributed by atoms with Crippen LogP contribution in [0.1, 0.15) is 48.0 Å². The van der Waals surface area contributed by atoms with Gasteiger partial charge in [-0.1, -0.05) is 6.07 Å². The third-order valence-electron chi connectivity index (χ3n) is 4.23. The van der Waals surface area contributed by atoms with Gasteiger partial charge in [-0.25, -0.2) is 0 Å². The average Bonchev–Trinajstić information content (AvgIpc) is 2.52. The van der Waals surface area contributed by atoms with Gasteiger partial charge in [-0.05, 0) is 38.7 Å². The van der Waals surface area contributed by atoms with Crippen molar-refractivity contribution in [2.75, 3.05) is 6.54 Å². The van der Waals surface area contributed by atoms with Gasteiger partial charge in [-0.15, -0.1) is 0 Å². The van der Waals surface area contributed by atoms with E-state index >= 15 is 0 Å². The van der Waals surface area contributed by atoms with Crippen LogP contribution in [0.15, 0.2) is 18.2 Å². The predicted molar refractivity (Wildman–Crippen MR) is 83.4 cm³/mol. The Bertz CT molecular complexity index is 629. The Morgan fingerprint density at radius 3 is 2.78 bits per heavy atom. The number of piperidine rings is 1. The van der Waals surface area contributed by atoms with Gasteiger partial charge in [0.2, 0.25) is 0 Å². The van der Waals surface area contributed by atoms with Gasteiger partial charge < -0.3 is 10.0 Å². The lowest BCUT2D eigenvalue weighted by molar-refractivity contribution is -0.385. The van der Waals surface area contributed by atoms with Crippen molar-refractivity contribution in [1.82, 2.24) is 4.90 Å². The maximum absolute atomic E-state index is 12.7. The third-order valence-corrected chi connectivity index (χ3v) is 4.23. The van der Waals surface area contributed by atoms with E-state index in [0.29, 0.717) is 18.5 Å². The van der Waals surface area contributed by atoms with Crippen LogP contribution >= 0.6 is 0 Å². The van der Waals surface area contributed by atoms with Crippen LogP contribution in [0.2, 0.25) is 0 Å². The number of nitro groups is 1. The number of likely N-dealkylation sites (tertiary alicyclic amines) is 1. The van der Waals surface area contributed by atoms with Crippen molar-refractivity contribution < 1.29 is 19.6 Å². The van der Waals surface area contributed by atoms with Crippen molar-refractivity contribution in [2.45, 2.75) is 45.1 Å². The summed E-state index contributed by atoms with van der Waals surface area (Å²) < 4.78 is 0. The Balaban J connectivity index is 2.21. The SMILES string of the molecule is Cc1ccc(C(=O)N2CCCCC2CCC(=O)O)cc1[N+](=O)[O-]. The van der Waals surface area contributed by atoms with Crippen molar-refractivity contribution in [2.24, 2.45) is 0 Å². The maximum Gasteiger partial charge on any atom is 0.303 e. The van der Waals surface area contributed by atoms with Crippen molar-refractivity contribution in [3.8, 4) is 0 Å². The molecule has 2 rings (SSSR count). The molecule has 1 aromatic rings. The van der Waals surface area contributed by atoms with Crippen LogP contribution in [0.4, 0.5) is 5.69 Å². The number of amides is 1. The first-order chi connectivity index (χ1) is 10.9. The molecule has 0 radical (unpaired) electrons. The Labute approximate surface area is 134 Å². The lowest BCUT2D eigenvalue weighted by Gasteiger charge is -2.35. The average molecular weight is 320 g/mol. The molecule has 124 valence electrons. The van der Waals surface area contributed by atoms with E-state index in [1.807, 2.05) is 0 Å². The molecule has 1 heterocycles. The molecule has 1 aliphatic heterocycles. The molecule has 1 aromatic carbocycles. The van der Waals surface area contributed by atoms with Crippen LogP contribution in [-0.4, -0.2) is 39.4 Å². The molecule has 1 aliphatic rings. The first kappa shape index (κ1) is 16.9. The summed E-state index contributed by atoms with van der Waals surface area (Å²) in [6, 6.07) is 4.35. The second-order valence-corrected chi connectivity index (χ2v) is 5.84. The van der Waals surface area contributed by atoms with Crippen LogP contribution in [-0.2, 0) is 4.79 Å². The number of carboxylic acid groups (broad SMARTS) is 1. The van der Waals surface area contributed by atoms with Gasteiger partial charge in [-0.3, -0.25) is 19.7 Å². The minimum atomic E-state index is -0.881. The molecule has 23 heavy (non-hydrogen) atoms. The van der Waals surface area contributed by atoms with E-state index in [4.69, 9.17) is 5.11 Å². The summed E-state index contributed by atoms with van der Waals surface area (Å²) in [7, 11) is 0. The number of nitrogens with zero attached hydrogens (tertiary/aromatic N) is 2. The Hall–Kier alpha value is -2.44. The highest BCUT2D eigenvalue weighted by Gasteiger charge is 2.28. The smallest absolute Gasteiger partial charge is 0.303 e. The third kappa shape index (κ3) is 4.06. The molecule has 0 bridgehead atoms. The molecule has 1 amide bonds. The molecule has 0 aromatic heterocycles. The maximum atomic E-state index is 12.7. The zero-order chi connectivity index (χ0) is 17.0. The lowest BCUT2D eigenvalue weighted by Crippen LogP contribution is -2.44. The summed E-state index contributed by atoms with van der Waals surface area (Å²) in [4.78, 5) is 35.7. The zero-order valence-corrected chi connectivity index (χ0v) is 13.0. The second kappa shape index (κ2) is 7.21. The number of benzene rings is 1. The standard InChI is InChI=1S/C16H20N2O5/c1-11-5-6-12(10-14(11)18(22)23)16(21)17-9-3-2-4-13(17)7-8-15(19)20/h5-6,10,13H,2-4,7-9H2,1H3,(H,19,20). The van der Waals surface area contributed by atoms with Gasteiger partial charge in [0.05, 0.1) is 4.92 Å². The van der Waals surface area contributed by atoms with E-state index in [0.717, 1.165) is 19.3 Å². The number of carbonyl (C=O) groups is 2. The fourth-order valence-electron chi connectivity index (χ4n) is 2.96. The molecule has 0 saturated carbocycles. The van der Waals surface area contributed by atoms with E-state index < -0.39 is 10.9 Å². The van der Waals surface area contributed by atoms with Gasteiger partial charge >= 0.3 is 5.97 Å². The number of aliphatic carboxylic acids is 1.